The zero-order valence-electron chi connectivity index (χ0n) is 10.2. The third-order valence-electron chi connectivity index (χ3n) is 2.53. The van der Waals surface area contributed by atoms with Crippen LogP contribution in [0.3, 0.4) is 0 Å². The van der Waals surface area contributed by atoms with E-state index in [0.29, 0.717) is 13.2 Å². The Morgan fingerprint density at radius 2 is 1.80 bits per heavy atom. The van der Waals surface area contributed by atoms with Crippen LogP contribution in [0.15, 0.2) is 0 Å². The van der Waals surface area contributed by atoms with Gasteiger partial charge in [-0.05, 0) is 7.05 Å². The molecule has 0 aromatic heterocycles. The molecule has 5 nitrogen and oxygen atoms in total. The van der Waals surface area contributed by atoms with Gasteiger partial charge in [0.1, 0.15) is 0 Å². The van der Waals surface area contributed by atoms with E-state index in [0.717, 1.165) is 13.0 Å². The van der Waals surface area contributed by atoms with Crippen molar-refractivity contribution in [3.8, 4) is 0 Å². The molecule has 0 aromatic rings. The highest BCUT2D eigenvalue weighted by atomic mass is 16.7. The average molecular weight is 220 g/mol. The summed E-state index contributed by atoms with van der Waals surface area (Å²) in [6.45, 7) is 2.15. The molecule has 0 radical (unpaired) electrons. The summed E-state index contributed by atoms with van der Waals surface area (Å²) in [5.74, 6) is 0. The third kappa shape index (κ3) is 6.06. The van der Waals surface area contributed by atoms with Gasteiger partial charge in [0.15, 0.2) is 6.29 Å². The van der Waals surface area contributed by atoms with E-state index < -0.39 is 0 Å². The van der Waals surface area contributed by atoms with Crippen molar-refractivity contribution in [3.05, 3.63) is 0 Å². The number of rotatable bonds is 9. The maximum atomic E-state index is 5.71. The highest BCUT2D eigenvalue weighted by Gasteiger charge is 2.18. The monoisotopic (exact) mass is 220 g/mol. The van der Waals surface area contributed by atoms with Crippen molar-refractivity contribution in [3.63, 3.8) is 0 Å². The Morgan fingerprint density at radius 1 is 1.20 bits per heavy atom. The molecule has 0 bridgehead atoms. The fourth-order valence-electron chi connectivity index (χ4n) is 1.38. The van der Waals surface area contributed by atoms with Gasteiger partial charge in [-0.3, -0.25) is 4.90 Å². The molecule has 0 aliphatic rings. The van der Waals surface area contributed by atoms with E-state index in [-0.39, 0.29) is 12.3 Å². The normalized spacial score (nSPS) is 13.8. The molecule has 0 aliphatic carbocycles. The summed E-state index contributed by atoms with van der Waals surface area (Å²) in [4.78, 5) is 2.16. The van der Waals surface area contributed by atoms with Gasteiger partial charge in [-0.2, -0.15) is 0 Å². The lowest BCUT2D eigenvalue weighted by Crippen LogP contribution is -2.42. The fourth-order valence-corrected chi connectivity index (χ4v) is 1.38. The molecule has 0 saturated carbocycles. The van der Waals surface area contributed by atoms with Gasteiger partial charge in [0.25, 0.3) is 0 Å². The molecule has 0 amide bonds. The predicted octanol–water partition coefficient (Wildman–Crippen LogP) is -0.0991. The lowest BCUT2D eigenvalue weighted by atomic mass is 10.2. The van der Waals surface area contributed by atoms with Gasteiger partial charge in [-0.1, -0.05) is 0 Å². The fraction of sp³-hybridized carbons (Fsp3) is 1.00. The molecule has 0 aliphatic heterocycles. The van der Waals surface area contributed by atoms with Crippen molar-refractivity contribution in [1.82, 2.24) is 4.90 Å². The van der Waals surface area contributed by atoms with Crippen molar-refractivity contribution in [2.24, 2.45) is 5.73 Å². The Morgan fingerprint density at radius 3 is 2.20 bits per heavy atom. The molecule has 0 rings (SSSR count). The van der Waals surface area contributed by atoms with Crippen molar-refractivity contribution >= 4 is 0 Å². The molecule has 1 unspecified atom stereocenters. The van der Waals surface area contributed by atoms with Gasteiger partial charge >= 0.3 is 0 Å². The van der Waals surface area contributed by atoms with Crippen molar-refractivity contribution in [1.29, 1.82) is 0 Å². The largest absolute Gasteiger partial charge is 0.383 e. The number of likely N-dealkylation sites (N-methyl/N-ethyl adjacent to an activating group) is 1. The van der Waals surface area contributed by atoms with E-state index in [4.69, 9.17) is 19.9 Å². The molecule has 0 fully saturated rings. The topological polar surface area (TPSA) is 57.0 Å². The minimum atomic E-state index is -0.191. The maximum Gasteiger partial charge on any atom is 0.158 e. The van der Waals surface area contributed by atoms with E-state index in [1.807, 2.05) is 7.05 Å². The highest BCUT2D eigenvalue weighted by Crippen LogP contribution is 2.07. The standard InChI is InChI=1S/C10H24N2O3/c1-12(5-6-13-2)9(8-11)7-10(14-3)15-4/h9-10H,5-8,11H2,1-4H3. The Labute approximate surface area is 92.5 Å². The molecule has 2 N–H and O–H groups in total. The van der Waals surface area contributed by atoms with Gasteiger partial charge in [-0.25, -0.2) is 0 Å². The highest BCUT2D eigenvalue weighted by molar-refractivity contribution is 4.71. The van der Waals surface area contributed by atoms with Crippen molar-refractivity contribution in [2.45, 2.75) is 18.8 Å². The summed E-state index contributed by atoms with van der Waals surface area (Å²) in [5, 5.41) is 0. The minimum Gasteiger partial charge on any atom is -0.383 e. The van der Waals surface area contributed by atoms with E-state index >= 15 is 0 Å². The smallest absolute Gasteiger partial charge is 0.158 e. The maximum absolute atomic E-state index is 5.71. The van der Waals surface area contributed by atoms with Gasteiger partial charge in [0.2, 0.25) is 0 Å². The molecular weight excluding hydrogens is 196 g/mol. The predicted molar refractivity (Wildman–Crippen MR) is 59.8 cm³/mol. The summed E-state index contributed by atoms with van der Waals surface area (Å²) in [5.41, 5.74) is 5.71. The van der Waals surface area contributed by atoms with Gasteiger partial charge in [-0.15, -0.1) is 0 Å². The first-order valence-electron chi connectivity index (χ1n) is 5.14. The summed E-state index contributed by atoms with van der Waals surface area (Å²) < 4.78 is 15.3. The molecule has 0 spiro atoms. The number of methoxy groups -OCH3 is 3. The first-order valence-corrected chi connectivity index (χ1v) is 5.14. The lowest BCUT2D eigenvalue weighted by molar-refractivity contribution is -0.116. The Bertz CT molecular complexity index is 143. The van der Waals surface area contributed by atoms with Crippen LogP contribution in [-0.2, 0) is 14.2 Å². The Hall–Kier alpha value is -0.200. The van der Waals surface area contributed by atoms with Crippen LogP contribution in [0.4, 0.5) is 0 Å². The second kappa shape index (κ2) is 9.06. The Kier molecular flexibility index (Phi) is 8.94. The molecule has 0 heterocycles. The van der Waals surface area contributed by atoms with Crippen molar-refractivity contribution in [2.75, 3.05) is 48.1 Å². The average Bonchev–Trinajstić information content (AvgIpc) is 2.27. The molecule has 0 aromatic carbocycles. The summed E-state index contributed by atoms with van der Waals surface area (Å²) >= 11 is 0. The van der Waals surface area contributed by atoms with E-state index in [1.54, 1.807) is 21.3 Å². The van der Waals surface area contributed by atoms with Crippen LogP contribution in [0.25, 0.3) is 0 Å². The van der Waals surface area contributed by atoms with Crippen LogP contribution < -0.4 is 5.73 Å². The molecule has 92 valence electrons. The lowest BCUT2D eigenvalue weighted by Gasteiger charge is -2.29. The molecule has 1 atom stereocenters. The second-order valence-electron chi connectivity index (χ2n) is 3.50. The number of nitrogens with two attached hydrogens (primary N) is 1. The molecule has 15 heavy (non-hydrogen) atoms. The number of hydrogen-bond donors (Lipinski definition) is 1. The number of nitrogens with zero attached hydrogens (tertiary/aromatic N) is 1. The number of hydrogen-bond acceptors (Lipinski definition) is 5. The molecule has 0 saturated heterocycles. The van der Waals surface area contributed by atoms with Crippen molar-refractivity contribution < 1.29 is 14.2 Å². The molecular formula is C10H24N2O3. The van der Waals surface area contributed by atoms with Crippen LogP contribution in [0.2, 0.25) is 0 Å². The SMILES string of the molecule is COCCN(C)C(CN)CC(OC)OC. The third-order valence-corrected chi connectivity index (χ3v) is 2.53. The van der Waals surface area contributed by atoms with E-state index in [9.17, 15) is 0 Å². The van der Waals surface area contributed by atoms with Crippen LogP contribution in [0, 0.1) is 0 Å². The zero-order chi connectivity index (χ0) is 11.7. The first-order chi connectivity index (χ1) is 7.19. The van der Waals surface area contributed by atoms with Crippen LogP contribution >= 0.6 is 0 Å². The van der Waals surface area contributed by atoms with Crippen LogP contribution in [-0.4, -0.2) is 65.3 Å². The quantitative estimate of drug-likeness (QED) is 0.550. The van der Waals surface area contributed by atoms with Gasteiger partial charge < -0.3 is 19.9 Å². The van der Waals surface area contributed by atoms with E-state index in [2.05, 4.69) is 4.90 Å². The van der Waals surface area contributed by atoms with Crippen LogP contribution in [0.1, 0.15) is 6.42 Å². The second-order valence-corrected chi connectivity index (χ2v) is 3.50. The number of ether oxygens (including phenoxy) is 3. The Balaban J connectivity index is 3.98. The summed E-state index contributed by atoms with van der Waals surface area (Å²) in [6, 6.07) is 0.255. The summed E-state index contributed by atoms with van der Waals surface area (Å²) in [7, 11) is 6.99. The minimum absolute atomic E-state index is 0.191. The summed E-state index contributed by atoms with van der Waals surface area (Å²) in [6.07, 6.45) is 0.576. The van der Waals surface area contributed by atoms with Gasteiger partial charge in [0, 0.05) is 46.9 Å². The van der Waals surface area contributed by atoms with E-state index in [1.165, 1.54) is 0 Å². The van der Waals surface area contributed by atoms with Crippen LogP contribution in [0.5, 0.6) is 0 Å². The van der Waals surface area contributed by atoms with Gasteiger partial charge in [0.05, 0.1) is 6.61 Å². The first kappa shape index (κ1) is 14.8. The molecule has 5 heteroatoms. The zero-order valence-corrected chi connectivity index (χ0v) is 10.2.